The molecule has 0 unspecified atom stereocenters. The third-order valence-electron chi connectivity index (χ3n) is 4.80. The molecule has 0 aromatic heterocycles. The molecule has 0 fully saturated rings. The van der Waals surface area contributed by atoms with Crippen molar-refractivity contribution in [2.45, 2.75) is 9.79 Å². The van der Waals surface area contributed by atoms with Gasteiger partial charge in [-0.3, -0.25) is 0 Å². The molecular formula is C24H14Cl2F2O2S. The minimum absolute atomic E-state index is 0.0282. The van der Waals surface area contributed by atoms with Gasteiger partial charge in [-0.2, -0.15) is 0 Å². The van der Waals surface area contributed by atoms with Crippen molar-refractivity contribution in [1.29, 1.82) is 0 Å². The average Bonchev–Trinajstić information content (AvgIpc) is 2.74. The van der Waals surface area contributed by atoms with Gasteiger partial charge in [0.1, 0.15) is 11.6 Å². The molecule has 7 heteroatoms. The summed E-state index contributed by atoms with van der Waals surface area (Å²) in [6.07, 6.45) is 0. The monoisotopic (exact) mass is 474 g/mol. The van der Waals surface area contributed by atoms with Gasteiger partial charge in [0, 0.05) is 0 Å². The molecule has 0 atom stereocenters. The van der Waals surface area contributed by atoms with Crippen LogP contribution in [0.5, 0.6) is 0 Å². The van der Waals surface area contributed by atoms with Crippen molar-refractivity contribution in [3.8, 4) is 22.3 Å². The highest BCUT2D eigenvalue weighted by atomic mass is 35.5. The summed E-state index contributed by atoms with van der Waals surface area (Å²) in [5.41, 5.74) is 2.71. The van der Waals surface area contributed by atoms with Crippen molar-refractivity contribution in [2.75, 3.05) is 0 Å². The van der Waals surface area contributed by atoms with E-state index in [0.29, 0.717) is 22.3 Å². The van der Waals surface area contributed by atoms with Crippen LogP contribution in [0.15, 0.2) is 94.7 Å². The van der Waals surface area contributed by atoms with Gasteiger partial charge >= 0.3 is 0 Å². The van der Waals surface area contributed by atoms with Crippen LogP contribution in [0.1, 0.15) is 0 Å². The molecule has 31 heavy (non-hydrogen) atoms. The molecule has 0 saturated carbocycles. The highest BCUT2D eigenvalue weighted by Gasteiger charge is 2.24. The molecule has 4 rings (SSSR count). The molecule has 4 aromatic rings. The quantitative estimate of drug-likeness (QED) is 0.308. The SMILES string of the molecule is O=S(=O)(c1ccc(-c2ccc(F)cc2)cc1Cl)c1ccc(-c2ccc(F)cc2)cc1Cl. The summed E-state index contributed by atoms with van der Waals surface area (Å²) in [7, 11) is -4.00. The summed E-state index contributed by atoms with van der Waals surface area (Å²) >= 11 is 12.6. The van der Waals surface area contributed by atoms with Crippen molar-refractivity contribution in [3.63, 3.8) is 0 Å². The Morgan fingerprint density at radius 2 is 0.839 bits per heavy atom. The summed E-state index contributed by atoms with van der Waals surface area (Å²) < 4.78 is 52.7. The molecule has 0 saturated heterocycles. The van der Waals surface area contributed by atoms with Crippen molar-refractivity contribution in [1.82, 2.24) is 0 Å². The first-order chi connectivity index (χ1) is 14.8. The zero-order valence-corrected chi connectivity index (χ0v) is 18.1. The molecule has 0 aliphatic heterocycles. The Labute approximate surface area is 188 Å². The molecule has 0 aliphatic carbocycles. The van der Waals surface area contributed by atoms with Gasteiger partial charge in [0.2, 0.25) is 9.84 Å². The second-order valence-electron chi connectivity index (χ2n) is 6.81. The van der Waals surface area contributed by atoms with E-state index in [2.05, 4.69) is 0 Å². The van der Waals surface area contributed by atoms with Crippen LogP contribution in [0.25, 0.3) is 22.3 Å². The highest BCUT2D eigenvalue weighted by molar-refractivity contribution is 7.91. The predicted molar refractivity (Wildman–Crippen MR) is 119 cm³/mol. The first kappa shape index (κ1) is 21.5. The lowest BCUT2D eigenvalue weighted by Crippen LogP contribution is -2.04. The minimum Gasteiger partial charge on any atom is -0.218 e. The fraction of sp³-hybridized carbons (Fsp3) is 0. The van der Waals surface area contributed by atoms with Crippen LogP contribution in [-0.2, 0) is 9.84 Å². The van der Waals surface area contributed by atoms with E-state index in [-0.39, 0.29) is 31.5 Å². The predicted octanol–water partition coefficient (Wildman–Crippen LogP) is 7.44. The van der Waals surface area contributed by atoms with Crippen LogP contribution in [-0.4, -0.2) is 8.42 Å². The lowest BCUT2D eigenvalue weighted by atomic mass is 10.1. The van der Waals surface area contributed by atoms with E-state index in [1.807, 2.05) is 0 Å². The Hall–Kier alpha value is -2.73. The minimum atomic E-state index is -4.00. The van der Waals surface area contributed by atoms with Gasteiger partial charge in [-0.15, -0.1) is 0 Å². The molecule has 0 spiro atoms. The Kier molecular flexibility index (Phi) is 5.84. The zero-order chi connectivity index (χ0) is 22.2. The van der Waals surface area contributed by atoms with E-state index < -0.39 is 9.84 Å². The zero-order valence-electron chi connectivity index (χ0n) is 15.8. The van der Waals surface area contributed by atoms with Crippen LogP contribution < -0.4 is 0 Å². The van der Waals surface area contributed by atoms with Crippen molar-refractivity contribution >= 4 is 33.0 Å². The second-order valence-corrected chi connectivity index (χ2v) is 9.51. The van der Waals surface area contributed by atoms with Gasteiger partial charge < -0.3 is 0 Å². The van der Waals surface area contributed by atoms with E-state index in [9.17, 15) is 17.2 Å². The molecule has 0 amide bonds. The fourth-order valence-electron chi connectivity index (χ4n) is 3.20. The topological polar surface area (TPSA) is 34.1 Å². The van der Waals surface area contributed by atoms with Crippen LogP contribution in [0, 0.1) is 11.6 Å². The second kappa shape index (κ2) is 8.42. The number of sulfone groups is 1. The van der Waals surface area contributed by atoms with Crippen molar-refractivity contribution < 1.29 is 17.2 Å². The van der Waals surface area contributed by atoms with Crippen LogP contribution in [0.2, 0.25) is 10.0 Å². The van der Waals surface area contributed by atoms with E-state index in [1.54, 1.807) is 36.4 Å². The van der Waals surface area contributed by atoms with Crippen LogP contribution >= 0.6 is 23.2 Å². The molecule has 0 bridgehead atoms. The number of hydrogen-bond acceptors (Lipinski definition) is 2. The Bertz CT molecular complexity index is 1270. The summed E-state index contributed by atoms with van der Waals surface area (Å²) in [6, 6.07) is 20.6. The van der Waals surface area contributed by atoms with Gasteiger partial charge in [0.25, 0.3) is 0 Å². The van der Waals surface area contributed by atoms with Crippen LogP contribution in [0.3, 0.4) is 0 Å². The number of hydrogen-bond donors (Lipinski definition) is 0. The molecule has 156 valence electrons. The first-order valence-electron chi connectivity index (χ1n) is 9.12. The third-order valence-corrected chi connectivity index (χ3v) is 7.52. The summed E-state index contributed by atoms with van der Waals surface area (Å²) in [5.74, 6) is -0.736. The van der Waals surface area contributed by atoms with E-state index in [4.69, 9.17) is 23.2 Å². The summed E-state index contributed by atoms with van der Waals surface area (Å²) in [4.78, 5) is -0.173. The fourth-order valence-corrected chi connectivity index (χ4v) is 5.53. The van der Waals surface area contributed by atoms with Gasteiger partial charge in [0.05, 0.1) is 19.8 Å². The number of halogens is 4. The Morgan fingerprint density at radius 3 is 1.16 bits per heavy atom. The van der Waals surface area contributed by atoms with Gasteiger partial charge in [-0.05, 0) is 70.8 Å². The van der Waals surface area contributed by atoms with Crippen molar-refractivity contribution in [3.05, 3.63) is 107 Å². The Balaban J connectivity index is 1.71. The molecule has 0 aliphatic rings. The molecular weight excluding hydrogens is 461 g/mol. The van der Waals surface area contributed by atoms with Gasteiger partial charge in [-0.1, -0.05) is 59.6 Å². The van der Waals surface area contributed by atoms with E-state index in [0.717, 1.165) is 0 Å². The molecule has 2 nitrogen and oxygen atoms in total. The first-order valence-corrected chi connectivity index (χ1v) is 11.4. The summed E-state index contributed by atoms with van der Waals surface area (Å²) in [5, 5.41) is 0.0565. The highest BCUT2D eigenvalue weighted by Crippen LogP contribution is 2.36. The van der Waals surface area contributed by atoms with Gasteiger partial charge in [0.15, 0.2) is 0 Å². The smallest absolute Gasteiger partial charge is 0.209 e. The normalized spacial score (nSPS) is 11.5. The average molecular weight is 475 g/mol. The summed E-state index contributed by atoms with van der Waals surface area (Å²) in [6.45, 7) is 0. The van der Waals surface area contributed by atoms with E-state index in [1.165, 1.54) is 48.5 Å². The van der Waals surface area contributed by atoms with E-state index >= 15 is 0 Å². The standard InChI is InChI=1S/C24H14Cl2F2O2S/c25-21-13-17(15-1-7-19(27)8-2-15)5-11-23(21)31(29,30)24-12-6-18(14-22(24)26)16-3-9-20(28)10-4-16/h1-14H. The Morgan fingerprint density at radius 1 is 0.516 bits per heavy atom. The number of benzene rings is 4. The maximum atomic E-state index is 13.2. The largest absolute Gasteiger partial charge is 0.218 e. The third kappa shape index (κ3) is 4.35. The number of rotatable bonds is 4. The molecule has 0 radical (unpaired) electrons. The molecule has 0 heterocycles. The molecule has 0 N–H and O–H groups in total. The van der Waals surface area contributed by atoms with Gasteiger partial charge in [-0.25, -0.2) is 17.2 Å². The molecule has 4 aromatic carbocycles. The maximum Gasteiger partial charge on any atom is 0.209 e. The van der Waals surface area contributed by atoms with Crippen LogP contribution in [0.4, 0.5) is 8.78 Å². The lowest BCUT2D eigenvalue weighted by molar-refractivity contribution is 0.596. The maximum absolute atomic E-state index is 13.2. The van der Waals surface area contributed by atoms with Crippen molar-refractivity contribution in [2.24, 2.45) is 0 Å². The lowest BCUT2D eigenvalue weighted by Gasteiger charge is -2.11.